The van der Waals surface area contributed by atoms with E-state index in [0.29, 0.717) is 0 Å². The minimum Gasteiger partial charge on any atom is -0.368 e. The highest BCUT2D eigenvalue weighted by molar-refractivity contribution is 7.52. The Morgan fingerprint density at radius 1 is 1.14 bits per heavy atom. The van der Waals surface area contributed by atoms with Crippen LogP contribution in [0.25, 0.3) is 0 Å². The van der Waals surface area contributed by atoms with Gasteiger partial charge in [-0.15, -0.1) is 0 Å². The van der Waals surface area contributed by atoms with E-state index in [1.54, 1.807) is 0 Å². The zero-order valence-corrected chi connectivity index (χ0v) is 8.99. The van der Waals surface area contributed by atoms with Crippen LogP contribution in [0.4, 0.5) is 0 Å². The molecule has 5 nitrogen and oxygen atoms in total. The average molecular weight is 223 g/mol. The highest BCUT2D eigenvalue weighted by Crippen LogP contribution is 2.38. The van der Waals surface area contributed by atoms with Gasteiger partial charge in [0.25, 0.3) is 0 Å². The summed E-state index contributed by atoms with van der Waals surface area (Å²) in [6, 6.07) is 0.0418. The van der Waals surface area contributed by atoms with Crippen LogP contribution < -0.4 is 5.32 Å². The molecular weight excluding hydrogens is 205 g/mol. The number of hydrogen-bond acceptors (Lipinski definition) is 3. The van der Waals surface area contributed by atoms with Crippen LogP contribution in [0.5, 0.6) is 0 Å². The van der Waals surface area contributed by atoms with Gasteiger partial charge in [-0.1, -0.05) is 25.7 Å². The Bertz CT molecular complexity index is 209. The molecule has 0 aromatic heterocycles. The fraction of sp³-hybridized carbons (Fsp3) is 1.00. The Hall–Kier alpha value is 0.0700. The molecule has 1 rings (SSSR count). The normalized spacial score (nSPS) is 23.1. The van der Waals surface area contributed by atoms with Crippen LogP contribution >= 0.6 is 7.60 Å². The Morgan fingerprint density at radius 3 is 2.07 bits per heavy atom. The summed E-state index contributed by atoms with van der Waals surface area (Å²) in [5.74, 6) is -1.70. The van der Waals surface area contributed by atoms with Crippen molar-refractivity contribution in [3.05, 3.63) is 0 Å². The molecule has 0 saturated heterocycles. The summed E-state index contributed by atoms with van der Waals surface area (Å²) in [5.41, 5.74) is 0. The van der Waals surface area contributed by atoms with E-state index >= 15 is 0 Å². The Morgan fingerprint density at radius 2 is 1.64 bits per heavy atom. The van der Waals surface area contributed by atoms with Crippen LogP contribution in [0.2, 0.25) is 0 Å². The van der Waals surface area contributed by atoms with Gasteiger partial charge in [0.2, 0.25) is 5.97 Å². The van der Waals surface area contributed by atoms with E-state index in [1.807, 2.05) is 0 Å². The maximum atomic E-state index is 10.7. The van der Waals surface area contributed by atoms with Crippen molar-refractivity contribution in [3.63, 3.8) is 0 Å². The lowest BCUT2D eigenvalue weighted by molar-refractivity contribution is 0.153. The van der Waals surface area contributed by atoms with Crippen LogP contribution in [0.1, 0.15) is 38.5 Å². The summed E-state index contributed by atoms with van der Waals surface area (Å²) in [7, 11) is -4.39. The Kier molecular flexibility index (Phi) is 4.54. The van der Waals surface area contributed by atoms with Gasteiger partial charge >= 0.3 is 7.60 Å². The maximum Gasteiger partial charge on any atom is 0.368 e. The zero-order chi connectivity index (χ0) is 10.6. The van der Waals surface area contributed by atoms with Gasteiger partial charge in [-0.3, -0.25) is 9.88 Å². The van der Waals surface area contributed by atoms with Crippen molar-refractivity contribution in [1.29, 1.82) is 0 Å². The zero-order valence-electron chi connectivity index (χ0n) is 8.09. The standard InChI is InChI=1S/C8H18NO4P/c10-8(14(11,12)13)9-7-5-3-1-2-4-6-7/h7-10H,1-6H2,(H2,11,12,13). The fourth-order valence-corrected chi connectivity index (χ4v) is 2.16. The third-order valence-corrected chi connectivity index (χ3v) is 3.34. The van der Waals surface area contributed by atoms with Crippen molar-refractivity contribution in [2.75, 3.05) is 0 Å². The third-order valence-electron chi connectivity index (χ3n) is 2.56. The van der Waals surface area contributed by atoms with E-state index in [0.717, 1.165) is 25.7 Å². The second kappa shape index (κ2) is 5.24. The first-order chi connectivity index (χ1) is 6.50. The van der Waals surface area contributed by atoms with Gasteiger partial charge in [0, 0.05) is 6.04 Å². The second-order valence-corrected chi connectivity index (χ2v) is 5.49. The lowest BCUT2D eigenvalue weighted by atomic mass is 10.1. The number of aliphatic hydroxyl groups is 1. The second-order valence-electron chi connectivity index (χ2n) is 3.82. The molecule has 0 heterocycles. The minimum atomic E-state index is -4.39. The molecule has 0 spiro atoms. The van der Waals surface area contributed by atoms with Gasteiger partial charge in [0.05, 0.1) is 0 Å². The summed E-state index contributed by atoms with van der Waals surface area (Å²) in [4.78, 5) is 17.4. The average Bonchev–Trinajstić information content (AvgIpc) is 2.31. The highest BCUT2D eigenvalue weighted by atomic mass is 31.2. The SMILES string of the molecule is O=P(O)(O)C(O)NC1CCCCCC1. The molecule has 1 aliphatic rings. The quantitative estimate of drug-likeness (QED) is 0.322. The number of hydrogen-bond donors (Lipinski definition) is 4. The molecule has 0 bridgehead atoms. The lowest BCUT2D eigenvalue weighted by Gasteiger charge is -2.21. The van der Waals surface area contributed by atoms with E-state index < -0.39 is 13.6 Å². The Balaban J connectivity index is 2.38. The third kappa shape index (κ3) is 4.07. The molecule has 1 saturated carbocycles. The number of nitrogens with one attached hydrogen (secondary N) is 1. The van der Waals surface area contributed by atoms with E-state index in [9.17, 15) is 4.57 Å². The monoisotopic (exact) mass is 223 g/mol. The molecule has 84 valence electrons. The molecule has 14 heavy (non-hydrogen) atoms. The molecule has 4 N–H and O–H groups in total. The van der Waals surface area contributed by atoms with Gasteiger partial charge in [-0.25, -0.2) is 0 Å². The smallest absolute Gasteiger partial charge is 0.368 e. The van der Waals surface area contributed by atoms with Crippen LogP contribution in [0.3, 0.4) is 0 Å². The number of rotatable bonds is 3. The highest BCUT2D eigenvalue weighted by Gasteiger charge is 2.28. The fourth-order valence-electron chi connectivity index (χ4n) is 1.75. The van der Waals surface area contributed by atoms with Crippen molar-refractivity contribution in [2.45, 2.75) is 50.5 Å². The molecule has 0 amide bonds. The summed E-state index contributed by atoms with van der Waals surface area (Å²) in [6.45, 7) is 0. The van der Waals surface area contributed by atoms with E-state index in [-0.39, 0.29) is 6.04 Å². The first-order valence-electron chi connectivity index (χ1n) is 4.99. The lowest BCUT2D eigenvalue weighted by Crippen LogP contribution is -2.37. The minimum absolute atomic E-state index is 0.0418. The summed E-state index contributed by atoms with van der Waals surface area (Å²) >= 11 is 0. The molecule has 0 aromatic rings. The molecule has 0 aromatic carbocycles. The van der Waals surface area contributed by atoms with Crippen LogP contribution in [0.15, 0.2) is 0 Å². The topological polar surface area (TPSA) is 89.8 Å². The molecule has 1 fully saturated rings. The van der Waals surface area contributed by atoms with Crippen LogP contribution in [-0.4, -0.2) is 26.9 Å². The molecular formula is C8H18NO4P. The summed E-state index contributed by atoms with van der Waals surface area (Å²) < 4.78 is 10.7. The molecule has 0 radical (unpaired) electrons. The van der Waals surface area contributed by atoms with Crippen molar-refractivity contribution < 1.29 is 19.5 Å². The largest absolute Gasteiger partial charge is 0.368 e. The van der Waals surface area contributed by atoms with Crippen molar-refractivity contribution in [1.82, 2.24) is 5.32 Å². The first-order valence-corrected chi connectivity index (χ1v) is 6.67. The van der Waals surface area contributed by atoms with Crippen molar-refractivity contribution >= 4 is 7.60 Å². The van der Waals surface area contributed by atoms with Gasteiger partial charge in [0.15, 0.2) is 0 Å². The van der Waals surface area contributed by atoms with Gasteiger partial charge in [-0.05, 0) is 12.8 Å². The maximum absolute atomic E-state index is 10.7. The Labute approximate surface area is 83.7 Å². The van der Waals surface area contributed by atoms with Crippen LogP contribution in [-0.2, 0) is 4.57 Å². The molecule has 1 unspecified atom stereocenters. The van der Waals surface area contributed by atoms with E-state index in [4.69, 9.17) is 14.9 Å². The van der Waals surface area contributed by atoms with Gasteiger partial charge < -0.3 is 14.9 Å². The number of aliphatic hydroxyl groups excluding tert-OH is 1. The van der Waals surface area contributed by atoms with Gasteiger partial charge in [-0.2, -0.15) is 0 Å². The van der Waals surface area contributed by atoms with Crippen molar-refractivity contribution in [3.8, 4) is 0 Å². The van der Waals surface area contributed by atoms with Crippen LogP contribution in [0, 0.1) is 0 Å². The summed E-state index contributed by atoms with van der Waals surface area (Å²) in [5, 5.41) is 11.7. The van der Waals surface area contributed by atoms with E-state index in [1.165, 1.54) is 12.8 Å². The predicted molar refractivity (Wildman–Crippen MR) is 52.7 cm³/mol. The predicted octanol–water partition coefficient (Wildman–Crippen LogP) is 0.752. The van der Waals surface area contributed by atoms with E-state index in [2.05, 4.69) is 5.32 Å². The first kappa shape index (κ1) is 12.1. The van der Waals surface area contributed by atoms with Gasteiger partial charge in [0.1, 0.15) is 0 Å². The summed E-state index contributed by atoms with van der Waals surface area (Å²) in [6.07, 6.45) is 6.24. The molecule has 0 aliphatic heterocycles. The molecule has 1 atom stereocenters. The molecule has 6 heteroatoms. The van der Waals surface area contributed by atoms with Crippen molar-refractivity contribution in [2.24, 2.45) is 0 Å². The molecule has 1 aliphatic carbocycles.